The Morgan fingerprint density at radius 3 is 2.77 bits per heavy atom. The molecule has 1 amide bonds. The molecule has 1 unspecified atom stereocenters. The quantitative estimate of drug-likeness (QED) is 0.559. The number of hydrogen-bond acceptors (Lipinski definition) is 6. The van der Waals surface area contributed by atoms with Crippen LogP contribution in [-0.4, -0.2) is 46.9 Å². The van der Waals surface area contributed by atoms with Crippen LogP contribution in [0.25, 0.3) is 11.5 Å². The molecule has 2 aromatic heterocycles. The summed E-state index contributed by atoms with van der Waals surface area (Å²) in [6.07, 6.45) is 0.0218. The number of aromatic nitrogens is 3. The lowest BCUT2D eigenvalue weighted by molar-refractivity contribution is 0.0533. The zero-order valence-corrected chi connectivity index (χ0v) is 17.7. The summed E-state index contributed by atoms with van der Waals surface area (Å²) in [5.41, 5.74) is 2.69. The molecular formula is C19H19Cl2N5O4. The van der Waals surface area contributed by atoms with Crippen molar-refractivity contribution >= 4 is 40.5 Å². The third kappa shape index (κ3) is 3.96. The van der Waals surface area contributed by atoms with E-state index in [1.807, 2.05) is 6.92 Å². The Labute approximate surface area is 181 Å². The number of morpholine rings is 1. The summed E-state index contributed by atoms with van der Waals surface area (Å²) in [6.45, 7) is 5.52. The fraction of sp³-hybridized carbons (Fsp3) is 0.316. The summed E-state index contributed by atoms with van der Waals surface area (Å²) in [4.78, 5) is 29.2. The zero-order chi connectivity index (χ0) is 21.4. The van der Waals surface area contributed by atoms with E-state index in [9.17, 15) is 9.59 Å². The number of benzene rings is 1. The van der Waals surface area contributed by atoms with Crippen LogP contribution in [0.5, 0.6) is 0 Å². The highest BCUT2D eigenvalue weighted by molar-refractivity contribution is 6.44. The topological polar surface area (TPSA) is 116 Å². The molecule has 1 fully saturated rings. The Morgan fingerprint density at radius 1 is 1.33 bits per heavy atom. The number of nitrogens with zero attached hydrogens (tertiary/aromatic N) is 2. The largest absolute Gasteiger partial charge is 0.434 e. The van der Waals surface area contributed by atoms with Gasteiger partial charge in [0.2, 0.25) is 5.89 Å². The molecule has 1 atom stereocenters. The summed E-state index contributed by atoms with van der Waals surface area (Å²) in [5.74, 6) is -0.899. The average molecular weight is 452 g/mol. The van der Waals surface area contributed by atoms with Crippen molar-refractivity contribution in [2.45, 2.75) is 20.0 Å². The number of carbonyl (C=O) groups excluding carboxylic acids is 1. The minimum absolute atomic E-state index is 0.0218. The number of aryl methyl sites for hydroxylation is 1. The van der Waals surface area contributed by atoms with Crippen LogP contribution in [0.3, 0.4) is 0 Å². The van der Waals surface area contributed by atoms with Gasteiger partial charge in [-0.15, -0.1) is 5.10 Å². The van der Waals surface area contributed by atoms with E-state index in [4.69, 9.17) is 32.4 Å². The van der Waals surface area contributed by atoms with Gasteiger partial charge in [0.1, 0.15) is 5.69 Å². The van der Waals surface area contributed by atoms with Gasteiger partial charge in [0.15, 0.2) is 0 Å². The monoisotopic (exact) mass is 451 g/mol. The smallest absolute Gasteiger partial charge is 0.388 e. The maximum absolute atomic E-state index is 12.9. The third-order valence-corrected chi connectivity index (χ3v) is 5.74. The van der Waals surface area contributed by atoms with Gasteiger partial charge in [0.05, 0.1) is 34.1 Å². The van der Waals surface area contributed by atoms with E-state index in [0.717, 1.165) is 5.69 Å². The van der Waals surface area contributed by atoms with Crippen molar-refractivity contribution in [1.82, 2.24) is 15.2 Å². The zero-order valence-electron chi connectivity index (χ0n) is 16.2. The molecule has 9 nitrogen and oxygen atoms in total. The number of anilines is 2. The Morgan fingerprint density at radius 2 is 2.13 bits per heavy atom. The number of halogens is 2. The molecule has 1 aliphatic rings. The van der Waals surface area contributed by atoms with Gasteiger partial charge in [-0.3, -0.25) is 4.79 Å². The van der Waals surface area contributed by atoms with Crippen LogP contribution in [0.2, 0.25) is 10.0 Å². The lowest BCUT2D eigenvalue weighted by Gasteiger charge is -2.34. The van der Waals surface area contributed by atoms with Crippen molar-refractivity contribution in [3.05, 3.63) is 50.2 Å². The number of ether oxygens (including phenoxy) is 1. The van der Waals surface area contributed by atoms with Crippen LogP contribution in [0.4, 0.5) is 11.4 Å². The maximum Gasteiger partial charge on any atom is 0.434 e. The first-order chi connectivity index (χ1) is 14.3. The van der Waals surface area contributed by atoms with Crippen molar-refractivity contribution in [2.75, 3.05) is 29.9 Å². The summed E-state index contributed by atoms with van der Waals surface area (Å²) in [7, 11) is 0. The molecule has 0 aliphatic carbocycles. The highest BCUT2D eigenvalue weighted by atomic mass is 35.5. The van der Waals surface area contributed by atoms with E-state index >= 15 is 0 Å². The summed E-state index contributed by atoms with van der Waals surface area (Å²) < 4.78 is 10.7. The van der Waals surface area contributed by atoms with Crippen LogP contribution in [0.1, 0.15) is 23.1 Å². The van der Waals surface area contributed by atoms with Gasteiger partial charge >= 0.3 is 5.76 Å². The Balaban J connectivity index is 1.71. The normalized spacial score (nSPS) is 16.7. The second-order valence-electron chi connectivity index (χ2n) is 6.98. The highest BCUT2D eigenvalue weighted by Crippen LogP contribution is 2.34. The second kappa shape index (κ2) is 8.17. The summed E-state index contributed by atoms with van der Waals surface area (Å²) in [6, 6.07) is 5.24. The molecule has 3 N–H and O–H groups in total. The molecule has 0 saturated carbocycles. The van der Waals surface area contributed by atoms with Gasteiger partial charge in [0.25, 0.3) is 5.91 Å². The molecule has 4 rings (SSSR count). The maximum atomic E-state index is 12.9. The van der Waals surface area contributed by atoms with Crippen LogP contribution >= 0.6 is 23.2 Å². The van der Waals surface area contributed by atoms with Crippen LogP contribution in [-0.2, 0) is 4.74 Å². The SMILES string of the molecule is Cc1[nH]c(C(=O)Nc2ccc(-c3n[nH]c(=O)o3)cc2N2CCOC(C)C2)c(Cl)c1Cl. The van der Waals surface area contributed by atoms with Crippen molar-refractivity contribution < 1.29 is 13.9 Å². The van der Waals surface area contributed by atoms with Crippen LogP contribution in [0.15, 0.2) is 27.4 Å². The van der Waals surface area contributed by atoms with E-state index in [0.29, 0.717) is 41.7 Å². The molecule has 0 radical (unpaired) electrons. The molecule has 0 spiro atoms. The molecular weight excluding hydrogens is 433 g/mol. The van der Waals surface area contributed by atoms with Crippen LogP contribution < -0.4 is 16.0 Å². The van der Waals surface area contributed by atoms with Gasteiger partial charge in [-0.25, -0.2) is 9.89 Å². The first-order valence-electron chi connectivity index (χ1n) is 9.25. The summed E-state index contributed by atoms with van der Waals surface area (Å²) in [5, 5.41) is 9.50. The molecule has 1 aromatic carbocycles. The molecule has 11 heteroatoms. The second-order valence-corrected chi connectivity index (χ2v) is 7.74. The van der Waals surface area contributed by atoms with Gasteiger partial charge in [-0.2, -0.15) is 0 Å². The van der Waals surface area contributed by atoms with E-state index in [1.165, 1.54) is 0 Å². The average Bonchev–Trinajstić information content (AvgIpc) is 3.27. The van der Waals surface area contributed by atoms with Gasteiger partial charge in [-0.05, 0) is 32.0 Å². The molecule has 1 saturated heterocycles. The predicted molar refractivity (Wildman–Crippen MR) is 114 cm³/mol. The number of aromatic amines is 2. The Hall–Kier alpha value is -2.75. The van der Waals surface area contributed by atoms with Crippen LogP contribution in [0, 0.1) is 6.92 Å². The molecule has 30 heavy (non-hydrogen) atoms. The van der Waals surface area contributed by atoms with Crippen molar-refractivity contribution in [1.29, 1.82) is 0 Å². The van der Waals surface area contributed by atoms with E-state index in [1.54, 1.807) is 25.1 Å². The standard InChI is InChI=1S/C19H19Cl2N5O4/c1-9-8-26(5-6-29-9)13-7-11(18-24-25-19(28)30-18)3-4-12(13)23-17(27)16-15(21)14(20)10(2)22-16/h3-4,7,9,22H,5-6,8H2,1-2H3,(H,23,27)(H,25,28). The fourth-order valence-electron chi connectivity index (χ4n) is 3.34. The number of rotatable bonds is 4. The lowest BCUT2D eigenvalue weighted by Crippen LogP contribution is -2.41. The molecule has 158 valence electrons. The molecule has 1 aliphatic heterocycles. The number of carbonyl (C=O) groups is 1. The van der Waals surface area contributed by atoms with Crippen molar-refractivity contribution in [3.63, 3.8) is 0 Å². The van der Waals surface area contributed by atoms with Crippen molar-refractivity contribution in [2.24, 2.45) is 0 Å². The van der Waals surface area contributed by atoms with Gasteiger partial charge in [0, 0.05) is 24.3 Å². The first-order valence-corrected chi connectivity index (χ1v) is 10.0. The minimum atomic E-state index is -0.641. The number of amides is 1. The number of H-pyrrole nitrogens is 2. The fourth-order valence-corrected chi connectivity index (χ4v) is 3.75. The highest BCUT2D eigenvalue weighted by Gasteiger charge is 2.24. The minimum Gasteiger partial charge on any atom is -0.388 e. The third-order valence-electron chi connectivity index (χ3n) is 4.79. The predicted octanol–water partition coefficient (Wildman–Crippen LogP) is 3.45. The van der Waals surface area contributed by atoms with Crippen molar-refractivity contribution in [3.8, 4) is 11.5 Å². The first kappa shape index (κ1) is 20.5. The molecule has 3 heterocycles. The van der Waals surface area contributed by atoms with E-state index in [-0.39, 0.29) is 22.7 Å². The van der Waals surface area contributed by atoms with E-state index < -0.39 is 11.7 Å². The summed E-state index contributed by atoms with van der Waals surface area (Å²) >= 11 is 12.3. The van der Waals surface area contributed by atoms with Gasteiger partial charge < -0.3 is 24.4 Å². The van der Waals surface area contributed by atoms with E-state index in [2.05, 4.69) is 25.4 Å². The Bertz CT molecular complexity index is 1150. The number of nitrogens with one attached hydrogen (secondary N) is 3. The van der Waals surface area contributed by atoms with Gasteiger partial charge in [-0.1, -0.05) is 23.2 Å². The Kier molecular flexibility index (Phi) is 5.59. The lowest BCUT2D eigenvalue weighted by atomic mass is 10.1. The molecule has 3 aromatic rings. The molecule has 0 bridgehead atoms. The number of hydrogen-bond donors (Lipinski definition) is 3.